The largest absolute Gasteiger partial charge is 0.497 e. The second-order valence-corrected chi connectivity index (χ2v) is 7.76. The predicted molar refractivity (Wildman–Crippen MR) is 119 cm³/mol. The molecule has 0 bridgehead atoms. The zero-order valence-electron chi connectivity index (χ0n) is 17.3. The number of ether oxygens (including phenoxy) is 2. The Morgan fingerprint density at radius 1 is 1.23 bits per heavy atom. The number of hydrogen-bond acceptors (Lipinski definition) is 5. The van der Waals surface area contributed by atoms with Crippen molar-refractivity contribution in [3.05, 3.63) is 70.9 Å². The highest BCUT2D eigenvalue weighted by Gasteiger charge is 2.24. The fourth-order valence-electron chi connectivity index (χ4n) is 3.69. The minimum atomic E-state index is -0.201. The number of aromatic nitrogens is 2. The first-order valence-electron chi connectivity index (χ1n) is 10.2. The number of rotatable bonds is 7. The summed E-state index contributed by atoms with van der Waals surface area (Å²) in [5.41, 5.74) is 3.05. The third-order valence-corrected chi connectivity index (χ3v) is 5.62. The Kier molecular flexibility index (Phi) is 6.86. The lowest BCUT2D eigenvalue weighted by Gasteiger charge is -2.35. The Balaban J connectivity index is 1.46. The number of amides is 1. The third-order valence-electron chi connectivity index (χ3n) is 5.39. The number of halogens is 1. The summed E-state index contributed by atoms with van der Waals surface area (Å²) in [5, 5.41) is 10.8. The Hall–Kier alpha value is -2.87. The van der Waals surface area contributed by atoms with Crippen LogP contribution in [-0.4, -0.2) is 61.0 Å². The van der Waals surface area contributed by atoms with Gasteiger partial charge in [-0.2, -0.15) is 5.10 Å². The van der Waals surface area contributed by atoms with Crippen molar-refractivity contribution in [2.24, 2.45) is 0 Å². The second-order valence-electron chi connectivity index (χ2n) is 7.32. The van der Waals surface area contributed by atoms with Crippen molar-refractivity contribution in [2.75, 3.05) is 40.0 Å². The van der Waals surface area contributed by atoms with Gasteiger partial charge in [0.25, 0.3) is 5.91 Å². The molecule has 2 heterocycles. The molecule has 0 radical (unpaired) electrons. The van der Waals surface area contributed by atoms with Crippen molar-refractivity contribution in [1.82, 2.24) is 20.4 Å². The molecule has 8 heteroatoms. The molecule has 1 aromatic heterocycles. The van der Waals surface area contributed by atoms with Gasteiger partial charge in [0.15, 0.2) is 0 Å². The number of methoxy groups -OCH3 is 1. The van der Waals surface area contributed by atoms with Gasteiger partial charge in [-0.3, -0.25) is 14.8 Å². The molecule has 1 unspecified atom stereocenters. The quantitative estimate of drug-likeness (QED) is 0.587. The number of aromatic amines is 1. The van der Waals surface area contributed by atoms with Crippen LogP contribution in [0.5, 0.6) is 5.75 Å². The van der Waals surface area contributed by atoms with E-state index >= 15 is 0 Å². The normalized spacial score (nSPS) is 15.4. The van der Waals surface area contributed by atoms with Crippen LogP contribution in [0, 0.1) is 0 Å². The number of hydrogen-bond donors (Lipinski definition) is 2. The molecule has 3 aromatic rings. The molecule has 7 nitrogen and oxygen atoms in total. The van der Waals surface area contributed by atoms with Crippen LogP contribution in [0.1, 0.15) is 22.1 Å². The zero-order chi connectivity index (χ0) is 21.6. The van der Waals surface area contributed by atoms with Crippen molar-refractivity contribution in [3.63, 3.8) is 0 Å². The van der Waals surface area contributed by atoms with Crippen LogP contribution in [0.2, 0.25) is 5.02 Å². The number of carbonyl (C=O) groups is 1. The van der Waals surface area contributed by atoms with Crippen molar-refractivity contribution in [3.8, 4) is 17.0 Å². The fourth-order valence-corrected chi connectivity index (χ4v) is 3.88. The van der Waals surface area contributed by atoms with E-state index < -0.39 is 0 Å². The smallest absolute Gasteiger partial charge is 0.269 e. The molecular formula is C23H25ClN4O3. The molecule has 1 amide bonds. The maximum Gasteiger partial charge on any atom is 0.269 e. The maximum atomic E-state index is 12.8. The summed E-state index contributed by atoms with van der Waals surface area (Å²) in [4.78, 5) is 15.1. The minimum Gasteiger partial charge on any atom is -0.497 e. The van der Waals surface area contributed by atoms with Crippen LogP contribution >= 0.6 is 11.6 Å². The Bertz CT molecular complexity index is 1020. The molecule has 31 heavy (non-hydrogen) atoms. The number of carbonyl (C=O) groups excluding carboxylic acids is 1. The molecule has 1 aliphatic rings. The second kappa shape index (κ2) is 9.96. The molecule has 162 valence electrons. The van der Waals surface area contributed by atoms with Gasteiger partial charge in [-0.25, -0.2) is 0 Å². The molecule has 4 rings (SSSR count). The highest BCUT2D eigenvalue weighted by molar-refractivity contribution is 6.30. The Labute approximate surface area is 186 Å². The van der Waals surface area contributed by atoms with Gasteiger partial charge in [0, 0.05) is 30.2 Å². The summed E-state index contributed by atoms with van der Waals surface area (Å²) >= 11 is 6.06. The van der Waals surface area contributed by atoms with E-state index in [0.29, 0.717) is 36.2 Å². The lowest BCUT2D eigenvalue weighted by Crippen LogP contribution is -2.43. The van der Waals surface area contributed by atoms with Crippen LogP contribution < -0.4 is 10.1 Å². The van der Waals surface area contributed by atoms with Crippen molar-refractivity contribution in [1.29, 1.82) is 0 Å². The van der Waals surface area contributed by atoms with E-state index in [0.717, 1.165) is 30.0 Å². The summed E-state index contributed by atoms with van der Waals surface area (Å²) in [5.74, 6) is 0.604. The summed E-state index contributed by atoms with van der Waals surface area (Å²) in [6.45, 7) is 3.47. The number of morpholine rings is 1. The van der Waals surface area contributed by atoms with E-state index in [1.54, 1.807) is 19.2 Å². The van der Waals surface area contributed by atoms with E-state index in [1.807, 2.05) is 42.5 Å². The summed E-state index contributed by atoms with van der Waals surface area (Å²) in [6.07, 6.45) is 0. The first kappa shape index (κ1) is 21.4. The van der Waals surface area contributed by atoms with Gasteiger partial charge < -0.3 is 14.8 Å². The van der Waals surface area contributed by atoms with Crippen molar-refractivity contribution >= 4 is 17.5 Å². The van der Waals surface area contributed by atoms with Crippen LogP contribution in [0.4, 0.5) is 0 Å². The summed E-state index contributed by atoms with van der Waals surface area (Å²) < 4.78 is 10.8. The van der Waals surface area contributed by atoms with E-state index in [-0.39, 0.29) is 11.9 Å². The van der Waals surface area contributed by atoms with E-state index in [2.05, 4.69) is 20.4 Å². The van der Waals surface area contributed by atoms with Gasteiger partial charge in [-0.1, -0.05) is 35.9 Å². The fraction of sp³-hybridized carbons (Fsp3) is 0.304. The molecule has 1 fully saturated rings. The van der Waals surface area contributed by atoms with Crippen LogP contribution in [0.3, 0.4) is 0 Å². The molecule has 0 aliphatic carbocycles. The topological polar surface area (TPSA) is 79.5 Å². The Morgan fingerprint density at radius 2 is 2.00 bits per heavy atom. The number of nitrogens with zero attached hydrogens (tertiary/aromatic N) is 2. The van der Waals surface area contributed by atoms with E-state index in [4.69, 9.17) is 21.1 Å². The molecule has 2 aromatic carbocycles. The summed E-state index contributed by atoms with van der Waals surface area (Å²) in [6, 6.07) is 17.1. The van der Waals surface area contributed by atoms with Crippen LogP contribution in [0.25, 0.3) is 11.3 Å². The molecule has 1 atom stereocenters. The van der Waals surface area contributed by atoms with Gasteiger partial charge in [0.2, 0.25) is 0 Å². The number of nitrogens with one attached hydrogen (secondary N) is 2. The lowest BCUT2D eigenvalue weighted by atomic mass is 10.0. The third kappa shape index (κ3) is 5.25. The first-order chi connectivity index (χ1) is 15.1. The molecule has 1 saturated heterocycles. The van der Waals surface area contributed by atoms with E-state index in [1.165, 1.54) is 0 Å². The molecule has 1 aliphatic heterocycles. The average molecular weight is 441 g/mol. The van der Waals surface area contributed by atoms with Gasteiger partial charge in [-0.15, -0.1) is 0 Å². The standard InChI is InChI=1S/C23H25ClN4O3/c1-30-19-7-5-16(6-8-19)22(28-9-11-31-12-10-28)15-25-23(29)21-14-20(26-27-21)17-3-2-4-18(24)13-17/h2-8,13-14,22H,9-12,15H2,1H3,(H,25,29)(H,26,27). The maximum absolute atomic E-state index is 12.8. The molecule has 0 saturated carbocycles. The van der Waals surface area contributed by atoms with Gasteiger partial charge in [-0.05, 0) is 35.9 Å². The SMILES string of the molecule is COc1ccc(C(CNC(=O)c2cc(-c3cccc(Cl)c3)n[nH]2)N2CCOCC2)cc1. The lowest BCUT2D eigenvalue weighted by molar-refractivity contribution is 0.0162. The summed E-state index contributed by atoms with van der Waals surface area (Å²) in [7, 11) is 1.65. The average Bonchev–Trinajstić information content (AvgIpc) is 3.31. The highest BCUT2D eigenvalue weighted by atomic mass is 35.5. The first-order valence-corrected chi connectivity index (χ1v) is 10.6. The predicted octanol–water partition coefficient (Wildman–Crippen LogP) is 3.54. The van der Waals surface area contributed by atoms with Crippen LogP contribution in [-0.2, 0) is 4.74 Å². The van der Waals surface area contributed by atoms with Crippen LogP contribution in [0.15, 0.2) is 54.6 Å². The van der Waals surface area contributed by atoms with Gasteiger partial charge in [0.05, 0.1) is 32.1 Å². The minimum absolute atomic E-state index is 0.0362. The van der Waals surface area contributed by atoms with Gasteiger partial charge >= 0.3 is 0 Å². The highest BCUT2D eigenvalue weighted by Crippen LogP contribution is 2.24. The van der Waals surface area contributed by atoms with Crippen molar-refractivity contribution < 1.29 is 14.3 Å². The number of H-pyrrole nitrogens is 1. The molecule has 2 N–H and O–H groups in total. The van der Waals surface area contributed by atoms with Gasteiger partial charge in [0.1, 0.15) is 11.4 Å². The zero-order valence-corrected chi connectivity index (χ0v) is 18.1. The molecule has 0 spiro atoms. The Morgan fingerprint density at radius 3 is 2.71 bits per heavy atom. The molecular weight excluding hydrogens is 416 g/mol. The monoisotopic (exact) mass is 440 g/mol. The van der Waals surface area contributed by atoms with Crippen molar-refractivity contribution in [2.45, 2.75) is 6.04 Å². The number of benzene rings is 2. The van der Waals surface area contributed by atoms with E-state index in [9.17, 15) is 4.79 Å².